The van der Waals surface area contributed by atoms with Gasteiger partial charge >= 0.3 is 5.97 Å². The van der Waals surface area contributed by atoms with Crippen LogP contribution in [-0.4, -0.2) is 25.0 Å². The molecule has 142 valence electrons. The Kier molecular flexibility index (Phi) is 5.17. The molecule has 1 amide bonds. The molecule has 6 heteroatoms. The third-order valence-electron chi connectivity index (χ3n) is 4.58. The van der Waals surface area contributed by atoms with Crippen molar-refractivity contribution in [2.75, 3.05) is 18.1 Å². The second kappa shape index (κ2) is 7.90. The summed E-state index contributed by atoms with van der Waals surface area (Å²) < 4.78 is 11.0. The van der Waals surface area contributed by atoms with Gasteiger partial charge in [-0.25, -0.2) is 4.79 Å². The molecule has 1 fully saturated rings. The van der Waals surface area contributed by atoms with Crippen LogP contribution in [0.4, 0.5) is 5.69 Å². The number of hydrogen-bond donors (Lipinski definition) is 0. The lowest BCUT2D eigenvalue weighted by atomic mass is 10.1. The van der Waals surface area contributed by atoms with E-state index in [2.05, 4.69) is 0 Å². The van der Waals surface area contributed by atoms with Gasteiger partial charge in [0.1, 0.15) is 18.1 Å². The lowest BCUT2D eigenvalue weighted by Gasteiger charge is -2.16. The Hall–Kier alpha value is -3.05. The molecule has 0 atom stereocenters. The SMILES string of the molecule is O=C(/C=C/C1=Cc2cc(Cl)ccc2OC1)Oc1ccc(N2CCCC2=O)cc1. The molecular weight excluding hydrogens is 378 g/mol. The number of esters is 1. The molecule has 0 aliphatic carbocycles. The number of carbonyl (C=O) groups is 2. The van der Waals surface area contributed by atoms with E-state index in [1.54, 1.807) is 41.3 Å². The first-order chi connectivity index (χ1) is 13.6. The van der Waals surface area contributed by atoms with Crippen LogP contribution >= 0.6 is 11.6 Å². The topological polar surface area (TPSA) is 55.8 Å². The van der Waals surface area contributed by atoms with Gasteiger partial charge in [0.05, 0.1) is 0 Å². The van der Waals surface area contributed by atoms with Crippen LogP contribution in [0.3, 0.4) is 0 Å². The van der Waals surface area contributed by atoms with E-state index in [4.69, 9.17) is 21.1 Å². The molecule has 2 aliphatic rings. The number of halogens is 1. The predicted octanol–water partition coefficient (Wildman–Crippen LogP) is 4.40. The van der Waals surface area contributed by atoms with E-state index in [1.807, 2.05) is 18.2 Å². The van der Waals surface area contributed by atoms with Crippen molar-refractivity contribution in [3.63, 3.8) is 0 Å². The van der Waals surface area contributed by atoms with E-state index in [0.717, 1.165) is 35.5 Å². The molecule has 0 radical (unpaired) electrons. The number of fused-ring (bicyclic) bond motifs is 1. The first-order valence-electron chi connectivity index (χ1n) is 9.02. The smallest absolute Gasteiger partial charge is 0.336 e. The molecule has 2 aromatic carbocycles. The van der Waals surface area contributed by atoms with Crippen LogP contribution < -0.4 is 14.4 Å². The molecule has 2 heterocycles. The minimum atomic E-state index is -0.484. The highest BCUT2D eigenvalue weighted by Gasteiger charge is 2.21. The third-order valence-corrected chi connectivity index (χ3v) is 4.82. The molecule has 0 N–H and O–H groups in total. The number of carbonyl (C=O) groups excluding carboxylic acids is 2. The number of rotatable bonds is 4. The van der Waals surface area contributed by atoms with Crippen LogP contribution in [0.25, 0.3) is 6.08 Å². The van der Waals surface area contributed by atoms with Crippen molar-refractivity contribution in [3.8, 4) is 11.5 Å². The summed E-state index contributed by atoms with van der Waals surface area (Å²) in [5, 5.41) is 0.627. The Bertz CT molecular complexity index is 979. The van der Waals surface area contributed by atoms with Crippen LogP contribution in [0, 0.1) is 0 Å². The van der Waals surface area contributed by atoms with E-state index in [0.29, 0.717) is 23.8 Å². The van der Waals surface area contributed by atoms with Gasteiger partial charge in [0.25, 0.3) is 0 Å². The molecule has 28 heavy (non-hydrogen) atoms. The van der Waals surface area contributed by atoms with Gasteiger partial charge < -0.3 is 14.4 Å². The standard InChI is InChI=1S/C22H18ClNO4/c23-17-4-9-20-16(13-17)12-15(14-27-20)3-10-22(26)28-19-7-5-18(6-8-19)24-11-1-2-21(24)25/h3-10,12-13H,1-2,11,14H2/b10-3+. The molecule has 0 unspecified atom stereocenters. The normalized spacial score (nSPS) is 16.0. The van der Waals surface area contributed by atoms with Gasteiger partial charge in [-0.1, -0.05) is 11.6 Å². The fraction of sp³-hybridized carbons (Fsp3) is 0.182. The Morgan fingerprint density at radius 2 is 2.00 bits per heavy atom. The predicted molar refractivity (Wildman–Crippen MR) is 108 cm³/mol. The van der Waals surface area contributed by atoms with Gasteiger partial charge in [-0.2, -0.15) is 0 Å². The second-order valence-corrected chi connectivity index (χ2v) is 7.02. The molecular formula is C22H18ClNO4. The van der Waals surface area contributed by atoms with Crippen molar-refractivity contribution in [2.24, 2.45) is 0 Å². The van der Waals surface area contributed by atoms with Crippen molar-refractivity contribution in [1.29, 1.82) is 0 Å². The Morgan fingerprint density at radius 3 is 2.75 bits per heavy atom. The molecule has 1 saturated heterocycles. The number of hydrogen-bond acceptors (Lipinski definition) is 4. The van der Waals surface area contributed by atoms with Crippen molar-refractivity contribution < 1.29 is 19.1 Å². The average Bonchev–Trinajstić information content (AvgIpc) is 3.12. The fourth-order valence-electron chi connectivity index (χ4n) is 3.20. The van der Waals surface area contributed by atoms with Gasteiger partial charge in [-0.05, 0) is 66.6 Å². The summed E-state index contributed by atoms with van der Waals surface area (Å²) in [6.45, 7) is 1.10. The van der Waals surface area contributed by atoms with Gasteiger partial charge in [0.2, 0.25) is 5.91 Å². The number of anilines is 1. The summed E-state index contributed by atoms with van der Waals surface area (Å²) in [7, 11) is 0. The molecule has 0 aromatic heterocycles. The zero-order chi connectivity index (χ0) is 19.5. The minimum absolute atomic E-state index is 0.124. The van der Waals surface area contributed by atoms with Crippen LogP contribution in [0.1, 0.15) is 18.4 Å². The number of ether oxygens (including phenoxy) is 2. The van der Waals surface area contributed by atoms with E-state index >= 15 is 0 Å². The van der Waals surface area contributed by atoms with Gasteiger partial charge in [-0.15, -0.1) is 0 Å². The largest absolute Gasteiger partial charge is 0.488 e. The quantitative estimate of drug-likeness (QED) is 0.437. The van der Waals surface area contributed by atoms with E-state index in [-0.39, 0.29) is 5.91 Å². The lowest BCUT2D eigenvalue weighted by Crippen LogP contribution is -2.23. The Balaban J connectivity index is 1.38. The van der Waals surface area contributed by atoms with Crippen molar-refractivity contribution in [2.45, 2.75) is 12.8 Å². The molecule has 0 bridgehead atoms. The van der Waals surface area contributed by atoms with Crippen LogP contribution in [0.2, 0.25) is 5.02 Å². The highest BCUT2D eigenvalue weighted by Crippen LogP contribution is 2.29. The molecule has 4 rings (SSSR count). The van der Waals surface area contributed by atoms with E-state index in [1.165, 1.54) is 6.08 Å². The molecule has 2 aliphatic heterocycles. The highest BCUT2D eigenvalue weighted by atomic mass is 35.5. The first-order valence-corrected chi connectivity index (χ1v) is 9.39. The maximum Gasteiger partial charge on any atom is 0.336 e. The number of nitrogens with zero attached hydrogens (tertiary/aromatic N) is 1. The second-order valence-electron chi connectivity index (χ2n) is 6.59. The van der Waals surface area contributed by atoms with Crippen LogP contribution in [0.15, 0.2) is 60.2 Å². The van der Waals surface area contributed by atoms with Gasteiger partial charge in [0.15, 0.2) is 0 Å². The maximum atomic E-state index is 12.1. The molecule has 2 aromatic rings. The van der Waals surface area contributed by atoms with Crippen molar-refractivity contribution in [1.82, 2.24) is 0 Å². The van der Waals surface area contributed by atoms with Gasteiger partial charge in [0, 0.05) is 35.3 Å². The monoisotopic (exact) mass is 395 g/mol. The van der Waals surface area contributed by atoms with E-state index in [9.17, 15) is 9.59 Å². The van der Waals surface area contributed by atoms with Gasteiger partial charge in [-0.3, -0.25) is 4.79 Å². The summed E-state index contributed by atoms with van der Waals surface area (Å²) in [5.74, 6) is 0.832. The third kappa shape index (κ3) is 4.10. The van der Waals surface area contributed by atoms with Crippen LogP contribution in [0.5, 0.6) is 11.5 Å². The van der Waals surface area contributed by atoms with Crippen molar-refractivity contribution in [3.05, 3.63) is 70.8 Å². The Labute approximate surface area is 167 Å². The Morgan fingerprint density at radius 1 is 1.18 bits per heavy atom. The average molecular weight is 396 g/mol. The summed E-state index contributed by atoms with van der Waals surface area (Å²) in [4.78, 5) is 25.6. The fourth-order valence-corrected chi connectivity index (χ4v) is 3.38. The lowest BCUT2D eigenvalue weighted by molar-refractivity contribution is -0.129. The number of amides is 1. The summed E-state index contributed by atoms with van der Waals surface area (Å²) in [5.41, 5.74) is 2.54. The van der Waals surface area contributed by atoms with Crippen LogP contribution in [-0.2, 0) is 9.59 Å². The maximum absolute atomic E-state index is 12.1. The van der Waals surface area contributed by atoms with Crippen molar-refractivity contribution >= 4 is 35.2 Å². The summed E-state index contributed by atoms with van der Waals surface area (Å²) in [6.07, 6.45) is 6.41. The molecule has 5 nitrogen and oxygen atoms in total. The summed E-state index contributed by atoms with van der Waals surface area (Å²) in [6, 6.07) is 12.4. The highest BCUT2D eigenvalue weighted by molar-refractivity contribution is 6.30. The zero-order valence-electron chi connectivity index (χ0n) is 15.1. The molecule has 0 spiro atoms. The summed E-state index contributed by atoms with van der Waals surface area (Å²) >= 11 is 6.00. The molecule has 0 saturated carbocycles. The first kappa shape index (κ1) is 18.3. The van der Waals surface area contributed by atoms with E-state index < -0.39 is 5.97 Å². The minimum Gasteiger partial charge on any atom is -0.488 e. The number of benzene rings is 2. The zero-order valence-corrected chi connectivity index (χ0v) is 15.8.